The molecule has 1 aromatic carbocycles. The van der Waals surface area contributed by atoms with Gasteiger partial charge >= 0.3 is 0 Å². The minimum absolute atomic E-state index is 0.133. The molecule has 1 saturated carbocycles. The van der Waals surface area contributed by atoms with E-state index >= 15 is 0 Å². The van der Waals surface area contributed by atoms with E-state index in [0.29, 0.717) is 31.5 Å². The van der Waals surface area contributed by atoms with Gasteiger partial charge in [-0.15, -0.1) is 0 Å². The Labute approximate surface area is 158 Å². The number of hydrogen-bond donors (Lipinski definition) is 3. The maximum absolute atomic E-state index is 12.0. The van der Waals surface area contributed by atoms with Gasteiger partial charge in [0.05, 0.1) is 0 Å². The molecular formula is C21H34N4O. The van der Waals surface area contributed by atoms with Crippen LogP contribution in [0.25, 0.3) is 0 Å². The third kappa shape index (κ3) is 7.06. The Morgan fingerprint density at radius 2 is 1.88 bits per heavy atom. The Hall–Kier alpha value is -2.04. The highest BCUT2D eigenvalue weighted by molar-refractivity contribution is 5.81. The Kier molecular flexibility index (Phi) is 8.45. The lowest BCUT2D eigenvalue weighted by Crippen LogP contribution is -2.40. The number of nitrogens with one attached hydrogen (secondary N) is 3. The molecular weight excluding hydrogens is 324 g/mol. The van der Waals surface area contributed by atoms with Crippen LogP contribution in [0.2, 0.25) is 0 Å². The molecule has 1 atom stereocenters. The molecule has 5 nitrogen and oxygen atoms in total. The molecule has 1 aliphatic rings. The quantitative estimate of drug-likeness (QED) is 0.494. The number of amides is 1. The van der Waals surface area contributed by atoms with Crippen LogP contribution in [-0.2, 0) is 4.79 Å². The van der Waals surface area contributed by atoms with E-state index in [-0.39, 0.29) is 5.91 Å². The summed E-state index contributed by atoms with van der Waals surface area (Å²) in [6.45, 7) is 8.46. The number of aryl methyl sites for hydroxylation is 1. The number of carbonyl (C=O) groups is 1. The van der Waals surface area contributed by atoms with Crippen LogP contribution < -0.4 is 16.0 Å². The molecule has 3 N–H and O–H groups in total. The molecule has 1 unspecified atom stereocenters. The predicted molar refractivity (Wildman–Crippen MR) is 109 cm³/mol. The molecule has 0 radical (unpaired) electrons. The van der Waals surface area contributed by atoms with E-state index in [2.05, 4.69) is 59.1 Å². The zero-order valence-electron chi connectivity index (χ0n) is 16.5. The fraction of sp³-hybridized carbons (Fsp3) is 0.619. The average Bonchev–Trinajstić information content (AvgIpc) is 3.13. The van der Waals surface area contributed by atoms with Gasteiger partial charge in [0.15, 0.2) is 5.96 Å². The first-order chi connectivity index (χ1) is 12.6. The van der Waals surface area contributed by atoms with Crippen LogP contribution >= 0.6 is 0 Å². The van der Waals surface area contributed by atoms with Crippen LogP contribution in [0.15, 0.2) is 29.3 Å². The average molecular weight is 359 g/mol. The first-order valence-electron chi connectivity index (χ1n) is 9.96. The van der Waals surface area contributed by atoms with Gasteiger partial charge in [0.25, 0.3) is 0 Å². The number of guanidine groups is 1. The molecule has 0 aromatic heterocycles. The standard InChI is InChI=1S/C21H34N4O/c1-4-22-21(23-14-13-20(26)25-19-7-5-6-8-19)24-15-17(3)18-11-9-16(2)10-12-18/h9-12,17,19H,4-8,13-15H2,1-3H3,(H,25,26)(H2,22,23,24). The van der Waals surface area contributed by atoms with Gasteiger partial charge in [-0.1, -0.05) is 49.6 Å². The summed E-state index contributed by atoms with van der Waals surface area (Å²) in [4.78, 5) is 16.7. The molecule has 1 amide bonds. The Morgan fingerprint density at radius 3 is 2.54 bits per heavy atom. The largest absolute Gasteiger partial charge is 0.357 e. The van der Waals surface area contributed by atoms with Crippen molar-refractivity contribution in [2.75, 3.05) is 19.6 Å². The summed E-state index contributed by atoms with van der Waals surface area (Å²) in [5, 5.41) is 9.64. The van der Waals surface area contributed by atoms with Gasteiger partial charge in [0, 0.05) is 38.0 Å². The molecule has 0 spiro atoms. The van der Waals surface area contributed by atoms with E-state index in [1.807, 2.05) is 6.92 Å². The number of nitrogens with zero attached hydrogens (tertiary/aromatic N) is 1. The van der Waals surface area contributed by atoms with Gasteiger partial charge in [-0.05, 0) is 32.3 Å². The summed E-state index contributed by atoms with van der Waals surface area (Å²) in [7, 11) is 0. The Bertz CT molecular complexity index is 576. The lowest BCUT2D eigenvalue weighted by Gasteiger charge is -2.15. The van der Waals surface area contributed by atoms with Crippen molar-refractivity contribution in [3.63, 3.8) is 0 Å². The molecule has 0 aliphatic heterocycles. The van der Waals surface area contributed by atoms with Gasteiger partial charge in [-0.3, -0.25) is 9.79 Å². The van der Waals surface area contributed by atoms with Crippen LogP contribution in [0.3, 0.4) is 0 Å². The summed E-state index contributed by atoms with van der Waals surface area (Å²) in [5.41, 5.74) is 2.57. The van der Waals surface area contributed by atoms with E-state index in [4.69, 9.17) is 0 Å². The number of rotatable bonds is 8. The molecule has 1 aromatic rings. The molecule has 5 heteroatoms. The van der Waals surface area contributed by atoms with Crippen LogP contribution in [0, 0.1) is 6.92 Å². The first-order valence-corrected chi connectivity index (χ1v) is 9.96. The molecule has 0 heterocycles. The topological polar surface area (TPSA) is 65.5 Å². The van der Waals surface area contributed by atoms with Crippen molar-refractivity contribution in [3.8, 4) is 0 Å². The first kappa shape index (κ1) is 20.3. The smallest absolute Gasteiger partial charge is 0.221 e. The van der Waals surface area contributed by atoms with Crippen molar-refractivity contribution in [2.45, 2.75) is 64.8 Å². The lowest BCUT2D eigenvalue weighted by atomic mass is 10.0. The normalized spacial score (nSPS) is 16.3. The van der Waals surface area contributed by atoms with Crippen molar-refractivity contribution in [1.82, 2.24) is 16.0 Å². The molecule has 26 heavy (non-hydrogen) atoms. The van der Waals surface area contributed by atoms with Gasteiger partial charge in [0.2, 0.25) is 5.91 Å². The fourth-order valence-electron chi connectivity index (χ4n) is 3.23. The monoisotopic (exact) mass is 358 g/mol. The number of carbonyl (C=O) groups excluding carboxylic acids is 1. The van der Waals surface area contributed by atoms with Gasteiger partial charge < -0.3 is 16.0 Å². The second kappa shape index (κ2) is 10.8. The molecule has 1 aliphatic carbocycles. The summed E-state index contributed by atoms with van der Waals surface area (Å²) in [6.07, 6.45) is 5.20. The van der Waals surface area contributed by atoms with E-state index < -0.39 is 0 Å². The highest BCUT2D eigenvalue weighted by atomic mass is 16.1. The van der Waals surface area contributed by atoms with E-state index in [9.17, 15) is 4.79 Å². The highest BCUT2D eigenvalue weighted by Gasteiger charge is 2.16. The summed E-state index contributed by atoms with van der Waals surface area (Å²) in [5.74, 6) is 1.27. The molecule has 2 rings (SSSR count). The molecule has 0 saturated heterocycles. The minimum Gasteiger partial charge on any atom is -0.357 e. The van der Waals surface area contributed by atoms with Crippen LogP contribution in [0.1, 0.15) is 63.0 Å². The van der Waals surface area contributed by atoms with Gasteiger partial charge in [0.1, 0.15) is 0 Å². The second-order valence-electron chi connectivity index (χ2n) is 7.26. The summed E-state index contributed by atoms with van der Waals surface area (Å²) in [6, 6.07) is 9.01. The third-order valence-electron chi connectivity index (χ3n) is 4.88. The zero-order chi connectivity index (χ0) is 18.8. The maximum Gasteiger partial charge on any atom is 0.221 e. The van der Waals surface area contributed by atoms with E-state index in [0.717, 1.165) is 25.3 Å². The van der Waals surface area contributed by atoms with Gasteiger partial charge in [-0.25, -0.2) is 0 Å². The third-order valence-corrected chi connectivity index (χ3v) is 4.88. The minimum atomic E-state index is 0.133. The van der Waals surface area contributed by atoms with Crippen molar-refractivity contribution >= 4 is 11.9 Å². The summed E-state index contributed by atoms with van der Waals surface area (Å²) >= 11 is 0. The SMILES string of the molecule is CCNC(=NCC(C)c1ccc(C)cc1)NCCC(=O)NC1CCCC1. The predicted octanol–water partition coefficient (Wildman–Crippen LogP) is 3.10. The van der Waals surface area contributed by atoms with Crippen LogP contribution in [0.4, 0.5) is 0 Å². The Morgan fingerprint density at radius 1 is 1.19 bits per heavy atom. The summed E-state index contributed by atoms with van der Waals surface area (Å²) < 4.78 is 0. The van der Waals surface area contributed by atoms with Crippen molar-refractivity contribution in [3.05, 3.63) is 35.4 Å². The lowest BCUT2D eigenvalue weighted by molar-refractivity contribution is -0.121. The van der Waals surface area contributed by atoms with Crippen molar-refractivity contribution in [2.24, 2.45) is 4.99 Å². The maximum atomic E-state index is 12.0. The van der Waals surface area contributed by atoms with E-state index in [1.165, 1.54) is 24.0 Å². The fourth-order valence-corrected chi connectivity index (χ4v) is 3.23. The molecule has 0 bridgehead atoms. The highest BCUT2D eigenvalue weighted by Crippen LogP contribution is 2.17. The van der Waals surface area contributed by atoms with Crippen LogP contribution in [0.5, 0.6) is 0 Å². The van der Waals surface area contributed by atoms with Crippen molar-refractivity contribution in [1.29, 1.82) is 0 Å². The molecule has 1 fully saturated rings. The van der Waals surface area contributed by atoms with Crippen LogP contribution in [-0.4, -0.2) is 37.5 Å². The number of hydrogen-bond acceptors (Lipinski definition) is 2. The van der Waals surface area contributed by atoms with E-state index in [1.54, 1.807) is 0 Å². The number of aliphatic imine (C=N–C) groups is 1. The zero-order valence-corrected chi connectivity index (χ0v) is 16.5. The Balaban J connectivity index is 1.76. The number of benzene rings is 1. The molecule has 144 valence electrons. The second-order valence-corrected chi connectivity index (χ2v) is 7.26. The van der Waals surface area contributed by atoms with Gasteiger partial charge in [-0.2, -0.15) is 0 Å². The van der Waals surface area contributed by atoms with Crippen molar-refractivity contribution < 1.29 is 4.79 Å².